The van der Waals surface area contributed by atoms with Gasteiger partial charge in [0.25, 0.3) is 0 Å². The highest BCUT2D eigenvalue weighted by molar-refractivity contribution is 7.15. The zero-order valence-corrected chi connectivity index (χ0v) is 13.5. The average Bonchev–Trinajstić information content (AvgIpc) is 3.25. The summed E-state index contributed by atoms with van der Waals surface area (Å²) in [6.45, 7) is 5.82. The third kappa shape index (κ3) is 3.44. The number of nitrogens with one attached hydrogen (secondary N) is 1. The molecule has 0 amide bonds. The topological polar surface area (TPSA) is 34.1 Å². The van der Waals surface area contributed by atoms with Crippen LogP contribution in [0.25, 0.3) is 10.6 Å². The van der Waals surface area contributed by atoms with E-state index in [-0.39, 0.29) is 0 Å². The first-order valence-corrected chi connectivity index (χ1v) is 8.57. The quantitative estimate of drug-likeness (QED) is 0.838. The number of nitrogens with zero attached hydrogens (tertiary/aromatic N) is 1. The molecule has 1 N–H and O–H groups in total. The summed E-state index contributed by atoms with van der Waals surface area (Å²) in [5, 5.41) is 4.66. The van der Waals surface area contributed by atoms with E-state index in [0.29, 0.717) is 6.61 Å². The molecule has 1 heterocycles. The van der Waals surface area contributed by atoms with Gasteiger partial charge in [-0.05, 0) is 38.3 Å². The van der Waals surface area contributed by atoms with Crippen molar-refractivity contribution in [2.24, 2.45) is 0 Å². The molecule has 0 atom stereocenters. The van der Waals surface area contributed by atoms with Gasteiger partial charge in [0.1, 0.15) is 10.8 Å². The van der Waals surface area contributed by atoms with Gasteiger partial charge in [-0.25, -0.2) is 4.98 Å². The fourth-order valence-electron chi connectivity index (χ4n) is 2.36. The van der Waals surface area contributed by atoms with Crippen LogP contribution in [-0.2, 0) is 13.0 Å². The Hall–Kier alpha value is -1.39. The third-order valence-electron chi connectivity index (χ3n) is 3.66. The predicted octanol–water partition coefficient (Wildman–Crippen LogP) is 4.02. The van der Waals surface area contributed by atoms with Gasteiger partial charge in [-0.3, -0.25) is 0 Å². The number of rotatable bonds is 7. The molecule has 4 heteroatoms. The van der Waals surface area contributed by atoms with Crippen LogP contribution in [0.5, 0.6) is 5.75 Å². The summed E-state index contributed by atoms with van der Waals surface area (Å²) >= 11 is 1.79. The van der Waals surface area contributed by atoms with Crippen LogP contribution < -0.4 is 10.1 Å². The molecule has 2 aromatic rings. The molecule has 1 aromatic heterocycles. The van der Waals surface area contributed by atoms with Crippen molar-refractivity contribution in [1.29, 1.82) is 0 Å². The van der Waals surface area contributed by atoms with Crippen molar-refractivity contribution in [3.63, 3.8) is 0 Å². The van der Waals surface area contributed by atoms with Crippen LogP contribution in [-0.4, -0.2) is 17.6 Å². The number of aryl methyl sites for hydroxylation is 1. The Labute approximate surface area is 130 Å². The second kappa shape index (κ2) is 6.58. The summed E-state index contributed by atoms with van der Waals surface area (Å²) in [5.74, 6) is 0.929. The predicted molar refractivity (Wildman–Crippen MR) is 88.0 cm³/mol. The summed E-state index contributed by atoms with van der Waals surface area (Å²) in [6, 6.07) is 8.91. The van der Waals surface area contributed by atoms with Crippen molar-refractivity contribution in [2.75, 3.05) is 6.61 Å². The van der Waals surface area contributed by atoms with Gasteiger partial charge in [0, 0.05) is 17.5 Å². The van der Waals surface area contributed by atoms with Gasteiger partial charge in [0.15, 0.2) is 0 Å². The molecular weight excluding hydrogens is 280 g/mol. The molecule has 0 saturated heterocycles. The number of para-hydroxylation sites is 1. The fourth-order valence-corrected chi connectivity index (χ4v) is 3.49. The van der Waals surface area contributed by atoms with E-state index in [2.05, 4.69) is 18.3 Å². The normalized spacial score (nSPS) is 14.4. The van der Waals surface area contributed by atoms with Crippen molar-refractivity contribution < 1.29 is 4.74 Å². The summed E-state index contributed by atoms with van der Waals surface area (Å²) in [6.07, 6.45) is 3.62. The van der Waals surface area contributed by atoms with Gasteiger partial charge in [-0.1, -0.05) is 19.1 Å². The van der Waals surface area contributed by atoms with Crippen molar-refractivity contribution >= 4 is 11.3 Å². The van der Waals surface area contributed by atoms with Crippen LogP contribution in [0, 0.1) is 0 Å². The standard InChI is InChI=1S/C17H22N2OS/c1-3-14-16(11-18-12-9-10-12)21-17(19-14)13-7-5-6-8-15(13)20-4-2/h5-8,12,18H,3-4,9-11H2,1-2H3. The fraction of sp³-hybridized carbons (Fsp3) is 0.471. The first kappa shape index (κ1) is 14.5. The van der Waals surface area contributed by atoms with E-state index in [9.17, 15) is 0 Å². The molecule has 0 radical (unpaired) electrons. The molecule has 1 aliphatic carbocycles. The van der Waals surface area contributed by atoms with E-state index in [0.717, 1.165) is 35.3 Å². The Morgan fingerprint density at radius 1 is 1.29 bits per heavy atom. The summed E-state index contributed by atoms with van der Waals surface area (Å²) in [5.41, 5.74) is 2.33. The van der Waals surface area contributed by atoms with E-state index >= 15 is 0 Å². The summed E-state index contributed by atoms with van der Waals surface area (Å²) < 4.78 is 5.73. The minimum atomic E-state index is 0.680. The van der Waals surface area contributed by atoms with E-state index in [1.54, 1.807) is 11.3 Å². The summed E-state index contributed by atoms with van der Waals surface area (Å²) in [4.78, 5) is 6.21. The lowest BCUT2D eigenvalue weighted by Crippen LogP contribution is -2.15. The molecule has 0 aliphatic heterocycles. The monoisotopic (exact) mass is 302 g/mol. The Morgan fingerprint density at radius 3 is 2.81 bits per heavy atom. The molecule has 112 valence electrons. The number of aromatic nitrogens is 1. The molecule has 1 saturated carbocycles. The minimum Gasteiger partial charge on any atom is -0.493 e. The van der Waals surface area contributed by atoms with Crippen molar-refractivity contribution in [2.45, 2.75) is 45.7 Å². The Kier molecular flexibility index (Phi) is 4.56. The molecule has 1 aromatic carbocycles. The van der Waals surface area contributed by atoms with Crippen LogP contribution in [0.4, 0.5) is 0 Å². The molecule has 21 heavy (non-hydrogen) atoms. The van der Waals surface area contributed by atoms with Gasteiger partial charge in [0.2, 0.25) is 0 Å². The highest BCUT2D eigenvalue weighted by Crippen LogP contribution is 2.35. The van der Waals surface area contributed by atoms with Crippen LogP contribution in [0.1, 0.15) is 37.3 Å². The molecule has 3 rings (SSSR count). The van der Waals surface area contributed by atoms with Crippen LogP contribution in [0.15, 0.2) is 24.3 Å². The number of thiazole rings is 1. The molecule has 3 nitrogen and oxygen atoms in total. The first-order chi connectivity index (χ1) is 10.3. The van der Waals surface area contributed by atoms with Gasteiger partial charge < -0.3 is 10.1 Å². The van der Waals surface area contributed by atoms with Gasteiger partial charge in [-0.15, -0.1) is 11.3 Å². The first-order valence-electron chi connectivity index (χ1n) is 7.76. The highest BCUT2D eigenvalue weighted by Gasteiger charge is 2.21. The maximum Gasteiger partial charge on any atom is 0.129 e. The van der Waals surface area contributed by atoms with Gasteiger partial charge in [0.05, 0.1) is 17.9 Å². The van der Waals surface area contributed by atoms with E-state index in [1.165, 1.54) is 23.4 Å². The molecule has 0 spiro atoms. The maximum atomic E-state index is 5.73. The lowest BCUT2D eigenvalue weighted by Gasteiger charge is -2.07. The minimum absolute atomic E-state index is 0.680. The van der Waals surface area contributed by atoms with E-state index < -0.39 is 0 Å². The molecule has 0 bridgehead atoms. The Morgan fingerprint density at radius 2 is 2.10 bits per heavy atom. The second-order valence-corrected chi connectivity index (χ2v) is 6.41. The van der Waals surface area contributed by atoms with E-state index in [1.807, 2.05) is 25.1 Å². The maximum absolute atomic E-state index is 5.73. The van der Waals surface area contributed by atoms with Crippen molar-refractivity contribution in [3.05, 3.63) is 34.8 Å². The zero-order valence-electron chi connectivity index (χ0n) is 12.7. The second-order valence-electron chi connectivity index (χ2n) is 5.33. The van der Waals surface area contributed by atoms with Gasteiger partial charge in [-0.2, -0.15) is 0 Å². The lowest BCUT2D eigenvalue weighted by molar-refractivity contribution is 0.341. The smallest absolute Gasteiger partial charge is 0.129 e. The van der Waals surface area contributed by atoms with Crippen LogP contribution in [0.3, 0.4) is 0 Å². The Bertz CT molecular complexity index is 605. The van der Waals surface area contributed by atoms with Crippen LogP contribution in [0.2, 0.25) is 0 Å². The van der Waals surface area contributed by atoms with Gasteiger partial charge >= 0.3 is 0 Å². The molecule has 1 fully saturated rings. The van der Waals surface area contributed by atoms with Crippen LogP contribution >= 0.6 is 11.3 Å². The Balaban J connectivity index is 1.87. The molecule has 0 unspecified atom stereocenters. The summed E-state index contributed by atoms with van der Waals surface area (Å²) in [7, 11) is 0. The third-order valence-corrected chi connectivity index (χ3v) is 4.79. The number of ether oxygens (including phenoxy) is 1. The highest BCUT2D eigenvalue weighted by atomic mass is 32.1. The van der Waals surface area contributed by atoms with E-state index in [4.69, 9.17) is 9.72 Å². The van der Waals surface area contributed by atoms with Crippen molar-refractivity contribution in [1.82, 2.24) is 10.3 Å². The number of hydrogen-bond acceptors (Lipinski definition) is 4. The molecule has 1 aliphatic rings. The number of hydrogen-bond donors (Lipinski definition) is 1. The average molecular weight is 302 g/mol. The number of benzene rings is 1. The SMILES string of the molecule is CCOc1ccccc1-c1nc(CC)c(CNC2CC2)s1. The van der Waals surface area contributed by atoms with Crippen molar-refractivity contribution in [3.8, 4) is 16.3 Å². The lowest BCUT2D eigenvalue weighted by atomic mass is 10.2. The largest absolute Gasteiger partial charge is 0.493 e. The zero-order chi connectivity index (χ0) is 14.7. The molecular formula is C17H22N2OS.